The average Bonchev–Trinajstić information content (AvgIpc) is 2.73. The molecule has 3 N–H and O–H groups in total. The van der Waals surface area contributed by atoms with Crippen molar-refractivity contribution in [3.8, 4) is 0 Å². The third-order valence-corrected chi connectivity index (χ3v) is 4.64. The zero-order valence-corrected chi connectivity index (χ0v) is 11.3. The van der Waals surface area contributed by atoms with E-state index in [9.17, 15) is 8.42 Å². The maximum atomic E-state index is 11.9. The van der Waals surface area contributed by atoms with Gasteiger partial charge in [0, 0.05) is 6.54 Å². The summed E-state index contributed by atoms with van der Waals surface area (Å²) >= 11 is 1.54. The topological polar surface area (TPSA) is 98.0 Å². The first kappa shape index (κ1) is 12.9. The molecule has 0 aliphatic rings. The first-order valence-electron chi connectivity index (χ1n) is 5.08. The lowest BCUT2D eigenvalue weighted by Gasteiger charge is -2.05. The maximum Gasteiger partial charge on any atom is 0.243 e. The highest BCUT2D eigenvalue weighted by Crippen LogP contribution is 2.14. The van der Waals surface area contributed by atoms with Gasteiger partial charge in [0.05, 0.1) is 12.4 Å². The number of nitrogens with one attached hydrogen (secondary N) is 1. The SMILES string of the molecule is Cc1cscc1CNS(=O)(=O)c1cnc(N)nc1. The van der Waals surface area contributed by atoms with Crippen molar-refractivity contribution < 1.29 is 8.42 Å². The van der Waals surface area contributed by atoms with Gasteiger partial charge in [0.2, 0.25) is 16.0 Å². The first-order chi connectivity index (χ1) is 8.49. The number of rotatable bonds is 4. The predicted molar refractivity (Wildman–Crippen MR) is 69.5 cm³/mol. The van der Waals surface area contributed by atoms with E-state index in [1.54, 1.807) is 0 Å². The van der Waals surface area contributed by atoms with Crippen LogP contribution in [-0.2, 0) is 16.6 Å². The van der Waals surface area contributed by atoms with Gasteiger partial charge in [-0.15, -0.1) is 0 Å². The van der Waals surface area contributed by atoms with Crippen LogP contribution in [-0.4, -0.2) is 18.4 Å². The Morgan fingerprint density at radius 2 is 2.00 bits per heavy atom. The zero-order chi connectivity index (χ0) is 13.2. The Morgan fingerprint density at radius 1 is 1.33 bits per heavy atom. The highest BCUT2D eigenvalue weighted by molar-refractivity contribution is 7.89. The second kappa shape index (κ2) is 5.01. The van der Waals surface area contributed by atoms with E-state index >= 15 is 0 Å². The third kappa shape index (κ3) is 2.84. The Labute approximate surface area is 109 Å². The minimum atomic E-state index is -3.60. The maximum absolute atomic E-state index is 11.9. The Kier molecular flexibility index (Phi) is 3.60. The lowest BCUT2D eigenvalue weighted by Crippen LogP contribution is -2.23. The number of aryl methyl sites for hydroxylation is 1. The molecule has 6 nitrogen and oxygen atoms in total. The van der Waals surface area contributed by atoms with Crippen LogP contribution in [0.4, 0.5) is 5.95 Å². The smallest absolute Gasteiger partial charge is 0.243 e. The minimum Gasteiger partial charge on any atom is -0.368 e. The number of nitrogens with two attached hydrogens (primary N) is 1. The van der Waals surface area contributed by atoms with Crippen molar-refractivity contribution in [3.05, 3.63) is 34.3 Å². The number of anilines is 1. The van der Waals surface area contributed by atoms with Crippen LogP contribution in [0.3, 0.4) is 0 Å². The molecule has 0 aliphatic carbocycles. The van der Waals surface area contributed by atoms with Gasteiger partial charge in [-0.3, -0.25) is 0 Å². The normalized spacial score (nSPS) is 11.6. The number of hydrogen-bond acceptors (Lipinski definition) is 6. The van der Waals surface area contributed by atoms with Gasteiger partial charge in [0.15, 0.2) is 0 Å². The van der Waals surface area contributed by atoms with Gasteiger partial charge in [-0.2, -0.15) is 11.3 Å². The van der Waals surface area contributed by atoms with Gasteiger partial charge in [0.1, 0.15) is 4.90 Å². The minimum absolute atomic E-state index is 0.00424. The number of hydrogen-bond donors (Lipinski definition) is 2. The quantitative estimate of drug-likeness (QED) is 0.869. The Balaban J connectivity index is 2.13. The van der Waals surface area contributed by atoms with Crippen LogP contribution in [0.15, 0.2) is 28.0 Å². The van der Waals surface area contributed by atoms with Crippen molar-refractivity contribution in [3.63, 3.8) is 0 Å². The van der Waals surface area contributed by atoms with Crippen molar-refractivity contribution in [1.29, 1.82) is 0 Å². The molecule has 2 heterocycles. The Hall–Kier alpha value is -1.51. The molecule has 0 spiro atoms. The second-order valence-electron chi connectivity index (χ2n) is 3.68. The summed E-state index contributed by atoms with van der Waals surface area (Å²) in [5, 5.41) is 3.88. The van der Waals surface area contributed by atoms with Gasteiger partial charge in [-0.25, -0.2) is 23.1 Å². The summed E-state index contributed by atoms with van der Waals surface area (Å²) in [6.07, 6.45) is 2.37. The number of sulfonamides is 1. The highest BCUT2D eigenvalue weighted by Gasteiger charge is 2.15. The first-order valence-corrected chi connectivity index (χ1v) is 7.50. The molecule has 2 rings (SSSR count). The molecular formula is C10H12N4O2S2. The van der Waals surface area contributed by atoms with Crippen LogP contribution in [0.5, 0.6) is 0 Å². The molecule has 0 unspecified atom stereocenters. The van der Waals surface area contributed by atoms with Crippen LogP contribution in [0, 0.1) is 6.92 Å². The molecule has 0 amide bonds. The van der Waals surface area contributed by atoms with E-state index in [0.717, 1.165) is 11.1 Å². The van der Waals surface area contributed by atoms with E-state index in [1.807, 2.05) is 17.7 Å². The Bertz CT molecular complexity index is 634. The van der Waals surface area contributed by atoms with Crippen LogP contribution < -0.4 is 10.5 Å². The van der Waals surface area contributed by atoms with E-state index in [0.29, 0.717) is 0 Å². The van der Waals surface area contributed by atoms with Crippen molar-refractivity contribution in [2.75, 3.05) is 5.73 Å². The number of nitrogens with zero attached hydrogens (tertiary/aromatic N) is 2. The van der Waals surface area contributed by atoms with E-state index < -0.39 is 10.0 Å². The van der Waals surface area contributed by atoms with Gasteiger partial charge >= 0.3 is 0 Å². The van der Waals surface area contributed by atoms with Crippen molar-refractivity contribution >= 4 is 27.3 Å². The number of thiophene rings is 1. The molecule has 96 valence electrons. The van der Waals surface area contributed by atoms with Gasteiger partial charge in [-0.1, -0.05) is 0 Å². The van der Waals surface area contributed by atoms with E-state index in [1.165, 1.54) is 23.7 Å². The molecule has 0 aromatic carbocycles. The zero-order valence-electron chi connectivity index (χ0n) is 9.62. The molecule has 0 bridgehead atoms. The summed E-state index contributed by atoms with van der Waals surface area (Å²) in [5.74, 6) is 0.0441. The fourth-order valence-electron chi connectivity index (χ4n) is 1.29. The summed E-state index contributed by atoms with van der Waals surface area (Å²) in [6.45, 7) is 2.19. The van der Waals surface area contributed by atoms with E-state index in [-0.39, 0.29) is 17.4 Å². The van der Waals surface area contributed by atoms with E-state index in [2.05, 4.69) is 14.7 Å². The standard InChI is InChI=1S/C10H12N4O2S2/c1-7-5-17-6-8(7)2-14-18(15,16)9-3-12-10(11)13-4-9/h3-6,14H,2H2,1H3,(H2,11,12,13). The van der Waals surface area contributed by atoms with E-state index in [4.69, 9.17) is 5.73 Å². The van der Waals surface area contributed by atoms with Gasteiger partial charge in [-0.05, 0) is 28.8 Å². The number of nitrogen functional groups attached to an aromatic ring is 1. The second-order valence-corrected chi connectivity index (χ2v) is 6.19. The van der Waals surface area contributed by atoms with Crippen molar-refractivity contribution in [2.45, 2.75) is 18.4 Å². The van der Waals surface area contributed by atoms with Gasteiger partial charge in [0.25, 0.3) is 0 Å². The molecule has 0 atom stereocenters. The van der Waals surface area contributed by atoms with Crippen molar-refractivity contribution in [2.24, 2.45) is 0 Å². The summed E-state index contributed by atoms with van der Waals surface area (Å²) in [7, 11) is -3.60. The molecule has 2 aromatic heterocycles. The number of aromatic nitrogens is 2. The highest BCUT2D eigenvalue weighted by atomic mass is 32.2. The average molecular weight is 284 g/mol. The Morgan fingerprint density at radius 3 is 2.56 bits per heavy atom. The van der Waals surface area contributed by atoms with Crippen LogP contribution in [0.25, 0.3) is 0 Å². The summed E-state index contributed by atoms with van der Waals surface area (Å²) in [6, 6.07) is 0. The fraction of sp³-hybridized carbons (Fsp3) is 0.200. The fourth-order valence-corrected chi connectivity index (χ4v) is 3.04. The predicted octanol–water partition coefficient (Wildman–Crippen LogP) is 0.907. The molecule has 0 aliphatic heterocycles. The van der Waals surface area contributed by atoms with Crippen LogP contribution >= 0.6 is 11.3 Å². The van der Waals surface area contributed by atoms with Crippen LogP contribution in [0.2, 0.25) is 0 Å². The molecular weight excluding hydrogens is 272 g/mol. The lowest BCUT2D eigenvalue weighted by molar-refractivity contribution is 0.580. The summed E-state index contributed by atoms with van der Waals surface area (Å²) in [5.41, 5.74) is 7.33. The molecule has 8 heteroatoms. The molecule has 0 saturated carbocycles. The monoisotopic (exact) mass is 284 g/mol. The molecule has 0 saturated heterocycles. The molecule has 0 fully saturated rings. The largest absolute Gasteiger partial charge is 0.368 e. The third-order valence-electron chi connectivity index (χ3n) is 2.37. The van der Waals surface area contributed by atoms with Crippen molar-refractivity contribution in [1.82, 2.24) is 14.7 Å². The molecule has 2 aromatic rings. The van der Waals surface area contributed by atoms with Crippen LogP contribution in [0.1, 0.15) is 11.1 Å². The summed E-state index contributed by atoms with van der Waals surface area (Å²) < 4.78 is 26.3. The molecule has 0 radical (unpaired) electrons. The lowest BCUT2D eigenvalue weighted by atomic mass is 10.2. The molecule has 18 heavy (non-hydrogen) atoms. The summed E-state index contributed by atoms with van der Waals surface area (Å²) in [4.78, 5) is 7.32. The van der Waals surface area contributed by atoms with Gasteiger partial charge < -0.3 is 5.73 Å².